The van der Waals surface area contributed by atoms with E-state index < -0.39 is 40.7 Å². The van der Waals surface area contributed by atoms with Crippen molar-refractivity contribution < 1.29 is 27.8 Å². The normalized spacial score (nSPS) is 21.7. The van der Waals surface area contributed by atoms with Gasteiger partial charge in [-0.25, -0.2) is 17.8 Å². The fourth-order valence-corrected chi connectivity index (χ4v) is 4.82. The van der Waals surface area contributed by atoms with Gasteiger partial charge in [-0.1, -0.05) is 0 Å². The zero-order chi connectivity index (χ0) is 22.1. The number of aliphatic hydroxyl groups is 2. The fraction of sp³-hybridized carbons (Fsp3) is 0.316. The average molecular weight is 432 g/mol. The molecule has 1 aromatic carbocycles. The van der Waals surface area contributed by atoms with E-state index in [1.165, 1.54) is 31.2 Å². The summed E-state index contributed by atoms with van der Waals surface area (Å²) in [5.74, 6) is -0.858. The number of aromatic nitrogens is 1. The van der Waals surface area contributed by atoms with Gasteiger partial charge < -0.3 is 14.9 Å². The van der Waals surface area contributed by atoms with E-state index in [9.17, 15) is 23.0 Å². The monoisotopic (exact) mass is 432 g/mol. The maximum atomic E-state index is 13.8. The van der Waals surface area contributed by atoms with Crippen molar-refractivity contribution >= 4 is 10.0 Å². The minimum Gasteiger partial charge on any atom is -0.486 e. The van der Waals surface area contributed by atoms with Gasteiger partial charge in [-0.05, 0) is 31.2 Å². The molecule has 2 atom stereocenters. The van der Waals surface area contributed by atoms with Crippen molar-refractivity contribution in [1.82, 2.24) is 9.29 Å². The van der Waals surface area contributed by atoms with Gasteiger partial charge in [0.25, 0.3) is 0 Å². The molecule has 1 fully saturated rings. The molecule has 0 spiro atoms. The van der Waals surface area contributed by atoms with E-state index in [1.807, 2.05) is 6.07 Å². The molecule has 1 aliphatic heterocycles. The number of ether oxygens (including phenoxy) is 1. The van der Waals surface area contributed by atoms with Crippen LogP contribution in [0.1, 0.15) is 17.0 Å². The summed E-state index contributed by atoms with van der Waals surface area (Å²) in [5, 5.41) is 38.1. The lowest BCUT2D eigenvalue weighted by molar-refractivity contribution is -0.0641. The summed E-state index contributed by atoms with van der Waals surface area (Å²) in [6, 6.07) is 9.45. The van der Waals surface area contributed by atoms with Crippen LogP contribution in [0.5, 0.6) is 5.75 Å². The Hall–Kier alpha value is -3.09. The summed E-state index contributed by atoms with van der Waals surface area (Å²) in [7, 11) is -4.13. The number of sulfonamides is 1. The van der Waals surface area contributed by atoms with Crippen molar-refractivity contribution in [3.05, 3.63) is 53.1 Å². The standard InChI is InChI=1S/C19H17FN4O5S/c1-12-17(5-3-14(8-22)23-12)30(27,28)24-9-18(19(26,10-24)11-25)29-15-4-2-13(7-21)16(20)6-15/h2-6,18,25-26H,9-11H2,1H3/t18-,19+/m0/s1. The van der Waals surface area contributed by atoms with Crippen LogP contribution in [0.25, 0.3) is 0 Å². The predicted octanol–water partition coefficient (Wildman–Crippen LogP) is 0.448. The van der Waals surface area contributed by atoms with Crippen LogP contribution in [0.3, 0.4) is 0 Å². The van der Waals surface area contributed by atoms with E-state index in [1.54, 1.807) is 6.07 Å². The molecule has 11 heteroatoms. The third-order valence-electron chi connectivity index (χ3n) is 4.80. The fourth-order valence-electron chi connectivity index (χ4n) is 3.15. The summed E-state index contributed by atoms with van der Waals surface area (Å²) >= 11 is 0. The molecule has 1 aliphatic rings. The Morgan fingerprint density at radius 2 is 2.07 bits per heavy atom. The molecular formula is C19H17FN4O5S. The SMILES string of the molecule is Cc1nc(C#N)ccc1S(=O)(=O)N1C[C@H](Oc2ccc(C#N)c(F)c2)[C@](O)(CO)C1. The molecule has 0 aliphatic carbocycles. The first-order valence-corrected chi connectivity index (χ1v) is 10.2. The van der Waals surface area contributed by atoms with Crippen LogP contribution in [0.15, 0.2) is 35.2 Å². The van der Waals surface area contributed by atoms with E-state index >= 15 is 0 Å². The highest BCUT2D eigenvalue weighted by molar-refractivity contribution is 7.89. The molecule has 0 radical (unpaired) electrons. The van der Waals surface area contributed by atoms with Gasteiger partial charge in [0.05, 0.1) is 24.4 Å². The van der Waals surface area contributed by atoms with Crippen LogP contribution < -0.4 is 4.74 Å². The first-order valence-electron chi connectivity index (χ1n) is 8.72. The Kier molecular flexibility index (Phi) is 5.74. The quantitative estimate of drug-likeness (QED) is 0.692. The summed E-state index contributed by atoms with van der Waals surface area (Å²) in [6.45, 7) is -0.141. The van der Waals surface area contributed by atoms with E-state index in [4.69, 9.17) is 15.3 Å². The second-order valence-electron chi connectivity index (χ2n) is 6.81. The van der Waals surface area contributed by atoms with Gasteiger partial charge in [0.1, 0.15) is 46.0 Å². The molecule has 2 heterocycles. The van der Waals surface area contributed by atoms with Gasteiger partial charge in [-0.2, -0.15) is 14.8 Å². The Labute approximate surface area is 172 Å². The van der Waals surface area contributed by atoms with Gasteiger partial charge in [0.2, 0.25) is 10.0 Å². The smallest absolute Gasteiger partial charge is 0.245 e. The number of nitriles is 2. The highest BCUT2D eigenvalue weighted by Crippen LogP contribution is 2.31. The van der Waals surface area contributed by atoms with Crippen molar-refractivity contribution in [3.8, 4) is 17.9 Å². The highest BCUT2D eigenvalue weighted by Gasteiger charge is 2.51. The van der Waals surface area contributed by atoms with E-state index in [-0.39, 0.29) is 34.1 Å². The molecule has 156 valence electrons. The lowest BCUT2D eigenvalue weighted by atomic mass is 10.0. The van der Waals surface area contributed by atoms with Crippen LogP contribution in [0.2, 0.25) is 0 Å². The molecule has 9 nitrogen and oxygen atoms in total. The minimum absolute atomic E-state index is 0.0288. The molecule has 0 saturated carbocycles. The van der Waals surface area contributed by atoms with E-state index in [0.717, 1.165) is 10.4 Å². The summed E-state index contributed by atoms with van der Waals surface area (Å²) in [5.41, 5.74) is -1.96. The largest absolute Gasteiger partial charge is 0.486 e. The molecule has 30 heavy (non-hydrogen) atoms. The van der Waals surface area contributed by atoms with Gasteiger partial charge in [0.15, 0.2) is 0 Å². The van der Waals surface area contributed by atoms with Crippen LogP contribution in [0.4, 0.5) is 4.39 Å². The van der Waals surface area contributed by atoms with Crippen LogP contribution in [0, 0.1) is 35.4 Å². The third kappa shape index (κ3) is 3.84. The summed E-state index contributed by atoms with van der Waals surface area (Å²) < 4.78 is 46.4. The molecular weight excluding hydrogens is 415 g/mol. The third-order valence-corrected chi connectivity index (χ3v) is 6.75. The lowest BCUT2D eigenvalue weighted by Crippen LogP contribution is -2.48. The summed E-state index contributed by atoms with van der Waals surface area (Å²) in [4.78, 5) is 3.77. The minimum atomic E-state index is -4.13. The number of pyridine rings is 1. The van der Waals surface area contributed by atoms with Crippen LogP contribution in [-0.4, -0.2) is 59.3 Å². The molecule has 2 aromatic rings. The summed E-state index contributed by atoms with van der Waals surface area (Å²) in [6.07, 6.45) is -1.20. The number of β-amino-alcohol motifs (C(OH)–C–C–N with tert-alkyl or cyclic N) is 1. The Morgan fingerprint density at radius 1 is 1.33 bits per heavy atom. The molecule has 2 N–H and O–H groups in total. The van der Waals surface area contributed by atoms with Gasteiger partial charge in [0, 0.05) is 12.6 Å². The van der Waals surface area contributed by atoms with Crippen LogP contribution >= 0.6 is 0 Å². The van der Waals surface area contributed by atoms with Gasteiger partial charge in [-0.3, -0.25) is 0 Å². The van der Waals surface area contributed by atoms with E-state index in [2.05, 4.69) is 4.98 Å². The number of hydrogen-bond donors (Lipinski definition) is 2. The number of rotatable bonds is 5. The maximum absolute atomic E-state index is 13.8. The number of hydrogen-bond acceptors (Lipinski definition) is 8. The zero-order valence-electron chi connectivity index (χ0n) is 15.8. The molecule has 3 rings (SSSR count). The maximum Gasteiger partial charge on any atom is 0.245 e. The zero-order valence-corrected chi connectivity index (χ0v) is 16.6. The molecule has 0 amide bonds. The molecule has 0 bridgehead atoms. The van der Waals surface area contributed by atoms with Crippen molar-refractivity contribution in [2.24, 2.45) is 0 Å². The predicted molar refractivity (Wildman–Crippen MR) is 100 cm³/mol. The molecule has 0 unspecified atom stereocenters. The number of nitrogens with zero attached hydrogens (tertiary/aromatic N) is 4. The molecule has 1 aromatic heterocycles. The van der Waals surface area contributed by atoms with E-state index in [0.29, 0.717) is 0 Å². The lowest BCUT2D eigenvalue weighted by Gasteiger charge is -2.27. The Morgan fingerprint density at radius 3 is 2.63 bits per heavy atom. The highest BCUT2D eigenvalue weighted by atomic mass is 32.2. The average Bonchev–Trinajstić information content (AvgIpc) is 3.05. The first kappa shape index (κ1) is 21.6. The molecule has 1 saturated heterocycles. The first-order chi connectivity index (χ1) is 14.1. The van der Waals surface area contributed by atoms with Gasteiger partial charge >= 0.3 is 0 Å². The second kappa shape index (κ2) is 7.97. The number of benzene rings is 1. The van der Waals surface area contributed by atoms with Crippen molar-refractivity contribution in [1.29, 1.82) is 10.5 Å². The van der Waals surface area contributed by atoms with Crippen molar-refractivity contribution in [2.45, 2.75) is 23.5 Å². The number of aliphatic hydroxyl groups excluding tert-OH is 1. The van der Waals surface area contributed by atoms with Crippen molar-refractivity contribution in [2.75, 3.05) is 19.7 Å². The Balaban J connectivity index is 1.90. The topological polar surface area (TPSA) is 148 Å². The van der Waals surface area contributed by atoms with Crippen molar-refractivity contribution in [3.63, 3.8) is 0 Å². The number of halogens is 1. The second-order valence-corrected chi connectivity index (χ2v) is 8.72. The Bertz CT molecular complexity index is 1170. The number of aryl methyl sites for hydroxylation is 1. The van der Waals surface area contributed by atoms with Gasteiger partial charge in [-0.15, -0.1) is 0 Å². The van der Waals surface area contributed by atoms with Crippen LogP contribution in [-0.2, 0) is 10.0 Å².